The topological polar surface area (TPSA) is 100.0 Å². The van der Waals surface area contributed by atoms with Gasteiger partial charge in [-0.05, 0) is 17.7 Å². The highest BCUT2D eigenvalue weighted by Crippen LogP contribution is 2.05. The molecular weight excluding hydrogens is 361 g/mol. The fourth-order valence-corrected chi connectivity index (χ4v) is 1.70. The molecule has 1 heterocycles. The van der Waals surface area contributed by atoms with E-state index in [4.69, 9.17) is 10.3 Å². The summed E-state index contributed by atoms with van der Waals surface area (Å²) < 4.78 is 5.94. The summed E-state index contributed by atoms with van der Waals surface area (Å²) in [6.45, 7) is 1.45. The van der Waals surface area contributed by atoms with Gasteiger partial charge in [0.25, 0.3) is 5.91 Å². The molecule has 0 aliphatic carbocycles. The predicted molar refractivity (Wildman–Crippen MR) is 79.1 cm³/mol. The Hall–Kier alpha value is -1.38. The summed E-state index contributed by atoms with van der Waals surface area (Å²) in [6.07, 6.45) is 1.62. The van der Waals surface area contributed by atoms with Crippen LogP contribution in [0.5, 0.6) is 0 Å². The van der Waals surface area contributed by atoms with Crippen molar-refractivity contribution >= 4 is 28.5 Å². The van der Waals surface area contributed by atoms with Crippen molar-refractivity contribution in [1.82, 2.24) is 10.3 Å². The second kappa shape index (κ2) is 9.54. The first-order valence-corrected chi connectivity index (χ1v) is 7.18. The zero-order valence-corrected chi connectivity index (χ0v) is 12.4. The molecule has 0 bridgehead atoms. The van der Waals surface area contributed by atoms with Crippen LogP contribution in [0.4, 0.5) is 0 Å². The molecule has 1 aromatic rings. The number of alkyl halides is 1. The van der Waals surface area contributed by atoms with Crippen LogP contribution >= 0.6 is 22.6 Å². The molecule has 0 radical (unpaired) electrons. The Morgan fingerprint density at radius 3 is 3.16 bits per heavy atom. The van der Waals surface area contributed by atoms with Crippen LogP contribution in [-0.4, -0.2) is 37.2 Å². The third-order valence-electron chi connectivity index (χ3n) is 2.15. The fourth-order valence-electron chi connectivity index (χ4n) is 1.28. The Bertz CT molecular complexity index is 462. The zero-order valence-electron chi connectivity index (χ0n) is 10.3. The summed E-state index contributed by atoms with van der Waals surface area (Å²) in [5.41, 5.74) is 9.52. The maximum atomic E-state index is 11.8. The van der Waals surface area contributed by atoms with Crippen LogP contribution in [0.25, 0.3) is 10.4 Å². The second-order valence-corrected chi connectivity index (χ2v) is 4.26. The van der Waals surface area contributed by atoms with Gasteiger partial charge in [0, 0.05) is 34.2 Å². The maximum Gasteiger partial charge on any atom is 0.251 e. The first-order valence-electron chi connectivity index (χ1n) is 5.65. The van der Waals surface area contributed by atoms with Gasteiger partial charge in [-0.3, -0.25) is 9.78 Å². The number of amides is 1. The van der Waals surface area contributed by atoms with E-state index >= 15 is 0 Å². The minimum absolute atomic E-state index is 0.146. The average molecular weight is 375 g/mol. The van der Waals surface area contributed by atoms with E-state index in [-0.39, 0.29) is 5.91 Å². The van der Waals surface area contributed by atoms with Gasteiger partial charge < -0.3 is 10.1 Å². The Labute approximate surface area is 124 Å². The number of rotatable bonds is 8. The molecule has 0 fully saturated rings. The number of nitrogens with zero attached hydrogens (tertiary/aromatic N) is 4. The standard InChI is InChI=1S/C11H14IN5O2/c12-8-10-7-9(1-2-14-10)11(18)15-3-5-19-6-4-16-17-13/h1-2,7H,3-6,8H2,(H,15,18). The molecule has 0 saturated heterocycles. The molecule has 1 aromatic heterocycles. The summed E-state index contributed by atoms with van der Waals surface area (Å²) in [5, 5.41) is 6.08. The molecule has 1 amide bonds. The number of pyridine rings is 1. The van der Waals surface area contributed by atoms with E-state index in [2.05, 4.69) is 42.9 Å². The van der Waals surface area contributed by atoms with Crippen LogP contribution in [0.15, 0.2) is 23.4 Å². The van der Waals surface area contributed by atoms with E-state index in [1.54, 1.807) is 18.3 Å². The number of carbonyl (C=O) groups excluding carboxylic acids is 1. The highest BCUT2D eigenvalue weighted by molar-refractivity contribution is 14.1. The molecular formula is C11H14IN5O2. The van der Waals surface area contributed by atoms with Crippen molar-refractivity contribution < 1.29 is 9.53 Å². The lowest BCUT2D eigenvalue weighted by atomic mass is 10.2. The maximum absolute atomic E-state index is 11.8. The van der Waals surface area contributed by atoms with E-state index in [0.717, 1.165) is 10.1 Å². The van der Waals surface area contributed by atoms with Crippen LogP contribution in [-0.2, 0) is 9.16 Å². The zero-order chi connectivity index (χ0) is 13.9. The van der Waals surface area contributed by atoms with Crippen LogP contribution in [0.3, 0.4) is 0 Å². The first kappa shape index (κ1) is 15.7. The Balaban J connectivity index is 2.25. The SMILES string of the molecule is [N-]=[N+]=NCCOCCNC(=O)c1ccnc(CI)c1. The second-order valence-electron chi connectivity index (χ2n) is 3.49. The highest BCUT2D eigenvalue weighted by Gasteiger charge is 2.05. The summed E-state index contributed by atoms with van der Waals surface area (Å²) in [6, 6.07) is 3.44. The molecule has 8 heteroatoms. The quantitative estimate of drug-likeness (QED) is 0.188. The van der Waals surface area contributed by atoms with Gasteiger partial charge in [0.05, 0.1) is 18.9 Å². The van der Waals surface area contributed by atoms with Gasteiger partial charge in [-0.1, -0.05) is 27.7 Å². The van der Waals surface area contributed by atoms with Crippen molar-refractivity contribution in [3.63, 3.8) is 0 Å². The van der Waals surface area contributed by atoms with E-state index < -0.39 is 0 Å². The van der Waals surface area contributed by atoms with Crippen LogP contribution in [0, 0.1) is 0 Å². The van der Waals surface area contributed by atoms with Gasteiger partial charge in [0.15, 0.2) is 0 Å². The summed E-state index contributed by atoms with van der Waals surface area (Å²) in [4.78, 5) is 18.5. The number of nitrogens with one attached hydrogen (secondary N) is 1. The van der Waals surface area contributed by atoms with Gasteiger partial charge in [-0.15, -0.1) is 0 Å². The number of halogens is 1. The Morgan fingerprint density at radius 2 is 2.42 bits per heavy atom. The number of carbonyl (C=O) groups is 1. The molecule has 1 rings (SSSR count). The molecule has 0 spiro atoms. The van der Waals surface area contributed by atoms with Crippen LogP contribution < -0.4 is 5.32 Å². The number of azide groups is 1. The van der Waals surface area contributed by atoms with Gasteiger partial charge >= 0.3 is 0 Å². The lowest BCUT2D eigenvalue weighted by Gasteiger charge is -2.06. The minimum atomic E-state index is -0.146. The van der Waals surface area contributed by atoms with Gasteiger partial charge in [0.2, 0.25) is 0 Å². The lowest BCUT2D eigenvalue weighted by Crippen LogP contribution is -2.27. The smallest absolute Gasteiger partial charge is 0.251 e. The van der Waals surface area contributed by atoms with Crippen molar-refractivity contribution in [2.75, 3.05) is 26.3 Å². The Kier molecular flexibility index (Phi) is 7.87. The molecule has 0 aromatic carbocycles. The lowest BCUT2D eigenvalue weighted by molar-refractivity contribution is 0.0919. The average Bonchev–Trinajstić information content (AvgIpc) is 2.46. The van der Waals surface area contributed by atoms with E-state index in [1.165, 1.54) is 0 Å². The van der Waals surface area contributed by atoms with E-state index in [9.17, 15) is 4.79 Å². The van der Waals surface area contributed by atoms with Crippen LogP contribution in [0.2, 0.25) is 0 Å². The van der Waals surface area contributed by atoms with E-state index in [0.29, 0.717) is 31.9 Å². The van der Waals surface area contributed by atoms with Gasteiger partial charge in [-0.2, -0.15) is 0 Å². The molecule has 0 saturated carbocycles. The van der Waals surface area contributed by atoms with Gasteiger partial charge in [-0.25, -0.2) is 0 Å². The summed E-state index contributed by atoms with van der Waals surface area (Å²) in [7, 11) is 0. The largest absolute Gasteiger partial charge is 0.379 e. The third-order valence-corrected chi connectivity index (χ3v) is 2.93. The molecule has 0 atom stereocenters. The first-order chi connectivity index (χ1) is 9.27. The van der Waals surface area contributed by atoms with Gasteiger partial charge in [0.1, 0.15) is 0 Å². The van der Waals surface area contributed by atoms with E-state index in [1.807, 2.05) is 0 Å². The highest BCUT2D eigenvalue weighted by atomic mass is 127. The van der Waals surface area contributed by atoms with Crippen molar-refractivity contribution in [2.24, 2.45) is 5.11 Å². The van der Waals surface area contributed by atoms with Crippen molar-refractivity contribution in [3.8, 4) is 0 Å². The van der Waals surface area contributed by atoms with Crippen molar-refractivity contribution in [2.45, 2.75) is 4.43 Å². The number of hydrogen-bond acceptors (Lipinski definition) is 4. The van der Waals surface area contributed by atoms with Crippen molar-refractivity contribution in [3.05, 3.63) is 40.0 Å². The molecule has 1 N–H and O–H groups in total. The molecule has 0 unspecified atom stereocenters. The monoisotopic (exact) mass is 375 g/mol. The summed E-state index contributed by atoms with van der Waals surface area (Å²) in [5.74, 6) is -0.146. The third kappa shape index (κ3) is 6.37. The fraction of sp³-hybridized carbons (Fsp3) is 0.455. The van der Waals surface area contributed by atoms with Crippen molar-refractivity contribution in [1.29, 1.82) is 0 Å². The normalized spacial score (nSPS) is 9.74. The molecule has 7 nitrogen and oxygen atoms in total. The summed E-state index contributed by atoms with van der Waals surface area (Å²) >= 11 is 2.20. The minimum Gasteiger partial charge on any atom is -0.379 e. The predicted octanol–water partition coefficient (Wildman–Crippen LogP) is 2.07. The molecule has 102 valence electrons. The molecule has 19 heavy (non-hydrogen) atoms. The number of hydrogen-bond donors (Lipinski definition) is 1. The number of ether oxygens (including phenoxy) is 1. The van der Waals surface area contributed by atoms with Crippen LogP contribution in [0.1, 0.15) is 16.1 Å². The molecule has 0 aliphatic heterocycles. The Morgan fingerprint density at radius 1 is 1.58 bits per heavy atom. The molecule has 0 aliphatic rings. The number of aromatic nitrogens is 1.